The van der Waals surface area contributed by atoms with Gasteiger partial charge in [0.15, 0.2) is 5.01 Å². The summed E-state index contributed by atoms with van der Waals surface area (Å²) in [5, 5.41) is 14.2. The lowest BCUT2D eigenvalue weighted by molar-refractivity contribution is 0.141. The summed E-state index contributed by atoms with van der Waals surface area (Å²) in [6.45, 7) is 6.13. The number of nitrogens with zero attached hydrogens (tertiary/aromatic N) is 6. The van der Waals surface area contributed by atoms with Crippen molar-refractivity contribution in [3.8, 4) is 16.3 Å². The molecule has 0 radical (unpaired) electrons. The zero-order chi connectivity index (χ0) is 22.1. The van der Waals surface area contributed by atoms with Crippen LogP contribution >= 0.6 is 11.3 Å². The molecule has 0 bridgehead atoms. The lowest BCUT2D eigenvalue weighted by atomic mass is 10.0. The summed E-state index contributed by atoms with van der Waals surface area (Å²) in [4.78, 5) is 17.1. The van der Waals surface area contributed by atoms with Crippen molar-refractivity contribution in [2.75, 3.05) is 31.1 Å². The molecule has 0 spiro atoms. The molecule has 2 saturated heterocycles. The largest absolute Gasteiger partial charge is 0.347 e. The second kappa shape index (κ2) is 9.07. The maximum atomic E-state index is 14.9. The van der Waals surface area contributed by atoms with Gasteiger partial charge < -0.3 is 9.80 Å². The van der Waals surface area contributed by atoms with Crippen LogP contribution in [0.15, 0.2) is 35.3 Å². The predicted octanol–water partition coefficient (Wildman–Crippen LogP) is 3.65. The number of benzene rings is 1. The molecule has 5 rings (SSSR count). The van der Waals surface area contributed by atoms with Crippen LogP contribution < -0.4 is 10.5 Å². The molecule has 7 nitrogen and oxygen atoms in total. The second-order valence-electron chi connectivity index (χ2n) is 8.54. The Morgan fingerprint density at radius 1 is 1.03 bits per heavy atom. The number of hydrogen-bond donors (Lipinski definition) is 0. The van der Waals surface area contributed by atoms with E-state index >= 15 is 0 Å². The second-order valence-corrected chi connectivity index (χ2v) is 9.50. The summed E-state index contributed by atoms with van der Waals surface area (Å²) in [5.41, 5.74) is 1.29. The van der Waals surface area contributed by atoms with Crippen molar-refractivity contribution in [3.63, 3.8) is 0 Å². The van der Waals surface area contributed by atoms with Gasteiger partial charge >= 0.3 is 0 Å². The highest BCUT2D eigenvalue weighted by Crippen LogP contribution is 2.35. The van der Waals surface area contributed by atoms with Crippen LogP contribution in [0.5, 0.6) is 0 Å². The molecule has 0 unspecified atom stereocenters. The van der Waals surface area contributed by atoms with Gasteiger partial charge in [0.2, 0.25) is 5.13 Å². The molecule has 2 aromatic heterocycles. The molecule has 0 amide bonds. The molecule has 2 aliphatic heterocycles. The highest BCUT2D eigenvalue weighted by atomic mass is 32.1. The van der Waals surface area contributed by atoms with E-state index in [4.69, 9.17) is 0 Å². The fraction of sp³-hybridized carbons (Fsp3) is 0.478. The molecule has 9 heteroatoms. The minimum atomic E-state index is -0.373. The van der Waals surface area contributed by atoms with Crippen LogP contribution in [0.4, 0.5) is 9.52 Å². The number of anilines is 1. The van der Waals surface area contributed by atoms with Crippen LogP contribution in [0.25, 0.3) is 16.3 Å². The summed E-state index contributed by atoms with van der Waals surface area (Å²) in [6, 6.07) is 6.63. The van der Waals surface area contributed by atoms with E-state index in [-0.39, 0.29) is 11.4 Å². The first-order chi connectivity index (χ1) is 15.6. The quantitative estimate of drug-likeness (QED) is 0.600. The van der Waals surface area contributed by atoms with Crippen molar-refractivity contribution >= 4 is 16.5 Å². The first kappa shape index (κ1) is 21.2. The maximum absolute atomic E-state index is 14.9. The summed E-state index contributed by atoms with van der Waals surface area (Å²) < 4.78 is 16.1. The third kappa shape index (κ3) is 4.06. The van der Waals surface area contributed by atoms with E-state index in [9.17, 15) is 9.18 Å². The van der Waals surface area contributed by atoms with Crippen LogP contribution in [-0.2, 0) is 0 Å². The van der Waals surface area contributed by atoms with E-state index in [0.717, 1.165) is 31.1 Å². The molecule has 1 aromatic carbocycles. The minimum absolute atomic E-state index is 0.261. The molecule has 168 valence electrons. The molecular weight excluding hydrogens is 427 g/mol. The molecule has 2 aliphatic rings. The Hall–Kier alpha value is -2.65. The van der Waals surface area contributed by atoms with Gasteiger partial charge in [-0.15, -0.1) is 10.2 Å². The Labute approximate surface area is 190 Å². The van der Waals surface area contributed by atoms with Gasteiger partial charge in [-0.25, -0.2) is 4.39 Å². The third-order valence-electron chi connectivity index (χ3n) is 6.60. The molecule has 0 aliphatic carbocycles. The summed E-state index contributed by atoms with van der Waals surface area (Å²) >= 11 is 1.41. The van der Waals surface area contributed by atoms with Gasteiger partial charge in [0, 0.05) is 31.4 Å². The van der Waals surface area contributed by atoms with Gasteiger partial charge in [0.1, 0.15) is 5.82 Å². The minimum Gasteiger partial charge on any atom is -0.347 e. The van der Waals surface area contributed by atoms with Gasteiger partial charge in [0.25, 0.3) is 5.56 Å². The molecule has 4 heterocycles. The van der Waals surface area contributed by atoms with Crippen molar-refractivity contribution in [2.24, 2.45) is 0 Å². The molecule has 0 atom stereocenters. The maximum Gasteiger partial charge on any atom is 0.271 e. The molecule has 0 saturated carbocycles. The SMILES string of the molecule is Cc1c(-n2ncccc2=O)ccc(F)c1-c1nnc(N2CCC(N3CCCCC3)CC2)s1. The van der Waals surface area contributed by atoms with Gasteiger partial charge in [0.05, 0.1) is 11.3 Å². The molecule has 2 fully saturated rings. The van der Waals surface area contributed by atoms with E-state index < -0.39 is 0 Å². The average Bonchev–Trinajstić information content (AvgIpc) is 3.30. The molecule has 32 heavy (non-hydrogen) atoms. The van der Waals surface area contributed by atoms with Crippen LogP contribution in [0.2, 0.25) is 0 Å². The Morgan fingerprint density at radius 2 is 1.81 bits per heavy atom. The lowest BCUT2D eigenvalue weighted by Crippen LogP contribution is -2.46. The Bertz CT molecular complexity index is 1150. The van der Waals surface area contributed by atoms with E-state index in [1.807, 2.05) is 0 Å². The summed E-state index contributed by atoms with van der Waals surface area (Å²) in [5.74, 6) is -0.373. The van der Waals surface area contributed by atoms with Crippen molar-refractivity contribution in [1.29, 1.82) is 0 Å². The fourth-order valence-electron chi connectivity index (χ4n) is 4.85. The van der Waals surface area contributed by atoms with Crippen molar-refractivity contribution in [1.82, 2.24) is 24.9 Å². The van der Waals surface area contributed by atoms with E-state index in [1.54, 1.807) is 25.3 Å². The van der Waals surface area contributed by atoms with E-state index in [1.165, 1.54) is 60.5 Å². The molecule has 3 aromatic rings. The standard InChI is InChI=1S/C23H27FN6OS/c1-16-19(30-20(31)6-5-11-25-30)8-7-18(24)21(16)22-26-27-23(32-22)29-14-9-17(10-15-29)28-12-3-2-4-13-28/h5-8,11,17H,2-4,9-10,12-15H2,1H3. The number of rotatable bonds is 4. The third-order valence-corrected chi connectivity index (χ3v) is 7.60. The Balaban J connectivity index is 1.37. The zero-order valence-electron chi connectivity index (χ0n) is 18.2. The van der Waals surface area contributed by atoms with E-state index in [0.29, 0.717) is 27.9 Å². The van der Waals surface area contributed by atoms with Gasteiger partial charge in [-0.05, 0) is 69.5 Å². The highest BCUT2D eigenvalue weighted by molar-refractivity contribution is 7.18. The van der Waals surface area contributed by atoms with Crippen LogP contribution in [0, 0.1) is 12.7 Å². The first-order valence-electron chi connectivity index (χ1n) is 11.3. The van der Waals surface area contributed by atoms with Crippen LogP contribution in [0.1, 0.15) is 37.7 Å². The Kier molecular flexibility index (Phi) is 6.01. The topological polar surface area (TPSA) is 67.2 Å². The molecule has 0 N–H and O–H groups in total. The fourth-order valence-corrected chi connectivity index (χ4v) is 5.85. The monoisotopic (exact) mass is 454 g/mol. The number of likely N-dealkylation sites (tertiary alicyclic amines) is 1. The van der Waals surface area contributed by atoms with Crippen LogP contribution in [-0.4, -0.2) is 57.1 Å². The van der Waals surface area contributed by atoms with Crippen LogP contribution in [0.3, 0.4) is 0 Å². The molecular formula is C23H27FN6OS. The van der Waals surface area contributed by atoms with Crippen molar-refractivity contribution < 1.29 is 4.39 Å². The van der Waals surface area contributed by atoms with E-state index in [2.05, 4.69) is 25.1 Å². The van der Waals surface area contributed by atoms with Gasteiger partial charge in [-0.1, -0.05) is 17.8 Å². The first-order valence-corrected chi connectivity index (χ1v) is 12.1. The smallest absolute Gasteiger partial charge is 0.271 e. The lowest BCUT2D eigenvalue weighted by Gasteiger charge is -2.40. The number of aromatic nitrogens is 4. The normalized spacial score (nSPS) is 18.2. The number of piperidine rings is 2. The summed E-state index contributed by atoms with van der Waals surface area (Å²) in [7, 11) is 0. The predicted molar refractivity (Wildman–Crippen MR) is 124 cm³/mol. The van der Waals surface area contributed by atoms with Crippen molar-refractivity contribution in [3.05, 3.63) is 52.2 Å². The van der Waals surface area contributed by atoms with Crippen molar-refractivity contribution in [2.45, 2.75) is 45.1 Å². The zero-order valence-corrected chi connectivity index (χ0v) is 19.0. The van der Waals surface area contributed by atoms with Gasteiger partial charge in [-0.3, -0.25) is 4.79 Å². The summed E-state index contributed by atoms with van der Waals surface area (Å²) in [6.07, 6.45) is 7.78. The number of halogens is 1. The average molecular weight is 455 g/mol. The van der Waals surface area contributed by atoms with Gasteiger partial charge in [-0.2, -0.15) is 9.78 Å². The Morgan fingerprint density at radius 3 is 2.56 bits per heavy atom. The number of hydrogen-bond acceptors (Lipinski definition) is 7. The highest BCUT2D eigenvalue weighted by Gasteiger charge is 2.27.